The van der Waals surface area contributed by atoms with E-state index in [4.69, 9.17) is 0 Å². The number of aldehydes is 1. The molecule has 1 aliphatic carbocycles. The Balaban J connectivity index is 2.58. The van der Waals surface area contributed by atoms with Gasteiger partial charge in [-0.15, -0.1) is 0 Å². The molecule has 2 atom stereocenters. The molecule has 13 heavy (non-hydrogen) atoms. The number of carbonyl (C=O) groups excluding carboxylic acids is 1. The van der Waals surface area contributed by atoms with Crippen molar-refractivity contribution in [1.29, 1.82) is 0 Å². The number of carbonyl (C=O) groups is 1. The van der Waals surface area contributed by atoms with Crippen molar-refractivity contribution in [3.63, 3.8) is 0 Å². The fourth-order valence-electron chi connectivity index (χ4n) is 2.44. The lowest BCUT2D eigenvalue weighted by atomic mass is 9.66. The summed E-state index contributed by atoms with van der Waals surface area (Å²) in [6.45, 7) is 1.84. The fraction of sp³-hybridized carbons (Fsp3) is 0.909. The Bertz CT molecular complexity index is 169. The van der Waals surface area contributed by atoms with Crippen LogP contribution >= 0.6 is 0 Å². The maximum Gasteiger partial charge on any atom is 0.126 e. The van der Waals surface area contributed by atoms with Crippen LogP contribution in [-0.4, -0.2) is 13.0 Å². The second-order valence-electron chi connectivity index (χ2n) is 4.29. The quantitative estimate of drug-likeness (QED) is 0.616. The molecule has 0 amide bonds. The predicted molar refractivity (Wildman–Crippen MR) is 51.3 cm³/mol. The zero-order valence-electron chi connectivity index (χ0n) is 8.39. The van der Waals surface area contributed by atoms with Crippen LogP contribution in [0.25, 0.3) is 0 Å². The van der Waals surface area contributed by atoms with Gasteiger partial charge in [-0.05, 0) is 31.6 Å². The fourth-order valence-corrected chi connectivity index (χ4v) is 2.44. The predicted octanol–water partition coefficient (Wildman–Crippen LogP) is 3.13. The largest absolute Gasteiger partial charge is 0.303 e. The standard InChI is InChI=1S/C11H19FO/c1-10-5-2-3-6-11(10,9-13)7-4-8-12/h9-10H,2-8H2,1H3. The molecule has 0 aromatic carbocycles. The molecule has 0 saturated heterocycles. The summed E-state index contributed by atoms with van der Waals surface area (Å²) in [4.78, 5) is 11.1. The number of rotatable bonds is 4. The van der Waals surface area contributed by atoms with E-state index in [1.54, 1.807) is 0 Å². The average molecular weight is 186 g/mol. The maximum absolute atomic E-state index is 12.1. The molecule has 0 heterocycles. The molecule has 0 radical (unpaired) electrons. The van der Waals surface area contributed by atoms with Crippen LogP contribution in [0.5, 0.6) is 0 Å². The Kier molecular flexibility index (Phi) is 3.89. The van der Waals surface area contributed by atoms with E-state index in [1.807, 2.05) is 0 Å². The number of alkyl halides is 1. The molecule has 0 spiro atoms. The molecule has 0 aliphatic heterocycles. The minimum atomic E-state index is -0.289. The normalized spacial score (nSPS) is 34.5. The minimum absolute atomic E-state index is 0.190. The van der Waals surface area contributed by atoms with E-state index < -0.39 is 0 Å². The van der Waals surface area contributed by atoms with Crippen molar-refractivity contribution in [2.24, 2.45) is 11.3 Å². The van der Waals surface area contributed by atoms with E-state index in [9.17, 15) is 9.18 Å². The summed E-state index contributed by atoms with van der Waals surface area (Å²) in [5, 5.41) is 0. The lowest BCUT2D eigenvalue weighted by Gasteiger charge is -2.38. The Labute approximate surface area is 79.7 Å². The Morgan fingerprint density at radius 2 is 2.31 bits per heavy atom. The van der Waals surface area contributed by atoms with Gasteiger partial charge in [-0.25, -0.2) is 0 Å². The summed E-state index contributed by atoms with van der Waals surface area (Å²) in [7, 11) is 0. The highest BCUT2D eigenvalue weighted by atomic mass is 19.1. The van der Waals surface area contributed by atoms with Crippen molar-refractivity contribution in [2.45, 2.75) is 45.4 Å². The van der Waals surface area contributed by atoms with Gasteiger partial charge in [-0.3, -0.25) is 4.39 Å². The van der Waals surface area contributed by atoms with Gasteiger partial charge in [-0.1, -0.05) is 19.8 Å². The van der Waals surface area contributed by atoms with E-state index in [-0.39, 0.29) is 12.1 Å². The van der Waals surface area contributed by atoms with Gasteiger partial charge in [0.2, 0.25) is 0 Å². The monoisotopic (exact) mass is 186 g/mol. The highest BCUT2D eigenvalue weighted by molar-refractivity contribution is 5.60. The van der Waals surface area contributed by atoms with Crippen LogP contribution in [0.1, 0.15) is 45.4 Å². The molecule has 0 aromatic heterocycles. The number of hydrogen-bond donors (Lipinski definition) is 0. The zero-order chi connectivity index (χ0) is 9.73. The third-order valence-electron chi connectivity index (χ3n) is 3.52. The first-order valence-electron chi connectivity index (χ1n) is 5.27. The summed E-state index contributed by atoms with van der Waals surface area (Å²) in [6, 6.07) is 0. The van der Waals surface area contributed by atoms with Crippen LogP contribution < -0.4 is 0 Å². The van der Waals surface area contributed by atoms with Gasteiger partial charge >= 0.3 is 0 Å². The van der Waals surface area contributed by atoms with Crippen LogP contribution in [0.4, 0.5) is 4.39 Å². The van der Waals surface area contributed by atoms with Crippen molar-refractivity contribution in [1.82, 2.24) is 0 Å². The molecule has 0 aromatic rings. The second kappa shape index (κ2) is 4.73. The molecule has 1 nitrogen and oxygen atoms in total. The van der Waals surface area contributed by atoms with Crippen LogP contribution in [-0.2, 0) is 4.79 Å². The molecule has 2 heteroatoms. The Hall–Kier alpha value is -0.400. The maximum atomic E-state index is 12.1. The van der Waals surface area contributed by atoms with Crippen LogP contribution in [0.15, 0.2) is 0 Å². The van der Waals surface area contributed by atoms with Crippen LogP contribution in [0.3, 0.4) is 0 Å². The molecule has 1 aliphatic rings. The molecule has 1 rings (SSSR count). The molecule has 1 saturated carbocycles. The summed E-state index contributed by atoms with van der Waals surface area (Å²) in [5.41, 5.74) is -0.190. The molecule has 76 valence electrons. The number of hydrogen-bond acceptors (Lipinski definition) is 1. The molecule has 1 fully saturated rings. The van der Waals surface area contributed by atoms with Crippen molar-refractivity contribution in [2.75, 3.05) is 6.67 Å². The van der Waals surface area contributed by atoms with Crippen LogP contribution in [0, 0.1) is 11.3 Å². The third-order valence-corrected chi connectivity index (χ3v) is 3.52. The van der Waals surface area contributed by atoms with E-state index >= 15 is 0 Å². The Morgan fingerprint density at radius 1 is 1.54 bits per heavy atom. The molecular formula is C11H19FO. The molecule has 2 unspecified atom stereocenters. The van der Waals surface area contributed by atoms with Gasteiger partial charge in [0.1, 0.15) is 6.29 Å². The molecular weight excluding hydrogens is 167 g/mol. The van der Waals surface area contributed by atoms with E-state index in [0.717, 1.165) is 32.0 Å². The minimum Gasteiger partial charge on any atom is -0.303 e. The van der Waals surface area contributed by atoms with Gasteiger partial charge in [0.25, 0.3) is 0 Å². The van der Waals surface area contributed by atoms with E-state index in [2.05, 4.69) is 6.92 Å². The second-order valence-corrected chi connectivity index (χ2v) is 4.29. The summed E-state index contributed by atoms with van der Waals surface area (Å²) >= 11 is 0. The number of halogens is 1. The van der Waals surface area contributed by atoms with Gasteiger partial charge in [-0.2, -0.15) is 0 Å². The first kappa shape index (κ1) is 10.7. The SMILES string of the molecule is CC1CCCCC1(C=O)CCCF. The lowest BCUT2D eigenvalue weighted by molar-refractivity contribution is -0.121. The lowest BCUT2D eigenvalue weighted by Crippen LogP contribution is -2.33. The first-order chi connectivity index (χ1) is 6.25. The van der Waals surface area contributed by atoms with Crippen molar-refractivity contribution < 1.29 is 9.18 Å². The smallest absolute Gasteiger partial charge is 0.126 e. The zero-order valence-corrected chi connectivity index (χ0v) is 8.39. The topological polar surface area (TPSA) is 17.1 Å². The van der Waals surface area contributed by atoms with Crippen LogP contribution in [0.2, 0.25) is 0 Å². The highest BCUT2D eigenvalue weighted by Gasteiger charge is 2.37. The molecule has 0 N–H and O–H groups in total. The van der Waals surface area contributed by atoms with Gasteiger partial charge < -0.3 is 4.79 Å². The summed E-state index contributed by atoms with van der Waals surface area (Å²) in [5.74, 6) is 0.449. The third kappa shape index (κ3) is 2.29. The van der Waals surface area contributed by atoms with Gasteiger partial charge in [0.15, 0.2) is 0 Å². The van der Waals surface area contributed by atoms with E-state index in [0.29, 0.717) is 12.3 Å². The van der Waals surface area contributed by atoms with Crippen molar-refractivity contribution >= 4 is 6.29 Å². The van der Waals surface area contributed by atoms with Crippen molar-refractivity contribution in [3.8, 4) is 0 Å². The first-order valence-corrected chi connectivity index (χ1v) is 5.27. The summed E-state index contributed by atoms with van der Waals surface area (Å²) in [6.07, 6.45) is 6.84. The highest BCUT2D eigenvalue weighted by Crippen LogP contribution is 2.42. The van der Waals surface area contributed by atoms with E-state index in [1.165, 1.54) is 6.42 Å². The van der Waals surface area contributed by atoms with Crippen molar-refractivity contribution in [3.05, 3.63) is 0 Å². The van der Waals surface area contributed by atoms with Gasteiger partial charge in [0, 0.05) is 5.41 Å². The average Bonchev–Trinajstić information content (AvgIpc) is 2.17. The Morgan fingerprint density at radius 3 is 2.85 bits per heavy atom. The van der Waals surface area contributed by atoms with Gasteiger partial charge in [0.05, 0.1) is 6.67 Å². The summed E-state index contributed by atoms with van der Waals surface area (Å²) < 4.78 is 12.1. The molecule has 0 bridgehead atoms.